The van der Waals surface area contributed by atoms with Crippen molar-refractivity contribution in [3.63, 3.8) is 0 Å². The van der Waals surface area contributed by atoms with Crippen molar-refractivity contribution in [1.29, 1.82) is 0 Å². The zero-order valence-corrected chi connectivity index (χ0v) is 15.0. The van der Waals surface area contributed by atoms with Crippen LogP contribution in [0.15, 0.2) is 0 Å². The Morgan fingerprint density at radius 2 is 2.05 bits per heavy atom. The fourth-order valence-electron chi connectivity index (χ4n) is 5.68. The molecule has 0 aromatic carbocycles. The third-order valence-corrected chi connectivity index (χ3v) is 6.80. The topological polar surface area (TPSA) is 32.7 Å². The molecule has 0 aromatic rings. The van der Waals surface area contributed by atoms with Gasteiger partial charge in [0.15, 0.2) is 0 Å². The predicted octanol–water partition coefficient (Wildman–Crippen LogP) is 3.31. The molecule has 3 heteroatoms. The minimum absolute atomic E-state index is 0.270. The summed E-state index contributed by atoms with van der Waals surface area (Å²) in [7, 11) is 0. The van der Waals surface area contributed by atoms with Gasteiger partial charge in [0.25, 0.3) is 0 Å². The van der Waals surface area contributed by atoms with E-state index in [0.717, 1.165) is 31.5 Å². The monoisotopic (exact) mass is 309 g/mol. The summed E-state index contributed by atoms with van der Waals surface area (Å²) < 4.78 is 6.31. The van der Waals surface area contributed by atoms with E-state index in [2.05, 4.69) is 32.6 Å². The van der Waals surface area contributed by atoms with Crippen molar-refractivity contribution < 1.29 is 9.84 Å². The molecule has 2 aliphatic carbocycles. The number of hydrogen-bond acceptors (Lipinski definition) is 3. The first-order valence-electron chi connectivity index (χ1n) is 9.33. The molecule has 3 aliphatic rings. The van der Waals surface area contributed by atoms with Crippen LogP contribution in [-0.2, 0) is 4.74 Å². The van der Waals surface area contributed by atoms with Gasteiger partial charge in [0.1, 0.15) is 0 Å². The van der Waals surface area contributed by atoms with Crippen LogP contribution in [-0.4, -0.2) is 48.5 Å². The summed E-state index contributed by atoms with van der Waals surface area (Å²) in [6, 6.07) is 0. The normalized spacial score (nSPS) is 42.7. The average Bonchev–Trinajstić information content (AvgIpc) is 2.89. The van der Waals surface area contributed by atoms with E-state index in [0.29, 0.717) is 18.1 Å². The molecule has 0 aromatic heterocycles. The van der Waals surface area contributed by atoms with Crippen LogP contribution in [0.3, 0.4) is 0 Å². The SMILES string of the molecule is C[C@@H]1CCCN(C[C@H](O)CO[C@H]2C(C)(C)[C@H]3CC[C@@]2(C)C3)C1. The standard InChI is InChI=1S/C19H35NO2/c1-14-6-5-9-20(11-14)12-16(21)13-22-17-18(2,3)15-7-8-19(17,4)10-15/h14-17,21H,5-13H2,1-4H3/t14-,15+,16+,17+,19+/m1/s1. The Bertz CT molecular complexity index is 392. The van der Waals surface area contributed by atoms with Crippen molar-refractivity contribution in [2.24, 2.45) is 22.7 Å². The molecule has 2 saturated carbocycles. The van der Waals surface area contributed by atoms with Crippen molar-refractivity contribution >= 4 is 0 Å². The maximum absolute atomic E-state index is 10.4. The number of rotatable bonds is 5. The summed E-state index contributed by atoms with van der Waals surface area (Å²) in [5.41, 5.74) is 0.611. The van der Waals surface area contributed by atoms with Gasteiger partial charge in [-0.15, -0.1) is 0 Å². The number of hydrogen-bond donors (Lipinski definition) is 1. The van der Waals surface area contributed by atoms with Gasteiger partial charge in [-0.05, 0) is 61.3 Å². The van der Waals surface area contributed by atoms with Crippen LogP contribution in [0, 0.1) is 22.7 Å². The molecule has 1 aliphatic heterocycles. The lowest BCUT2D eigenvalue weighted by Gasteiger charge is -2.43. The van der Waals surface area contributed by atoms with Crippen LogP contribution in [0.4, 0.5) is 0 Å². The first-order valence-corrected chi connectivity index (χ1v) is 9.33. The number of ether oxygens (including phenoxy) is 1. The molecule has 0 unspecified atom stereocenters. The third-order valence-electron chi connectivity index (χ3n) is 6.80. The Morgan fingerprint density at radius 1 is 1.27 bits per heavy atom. The molecule has 1 N–H and O–H groups in total. The van der Waals surface area contributed by atoms with Gasteiger partial charge < -0.3 is 14.7 Å². The molecule has 0 radical (unpaired) electrons. The molecule has 1 saturated heterocycles. The summed E-state index contributed by atoms with van der Waals surface area (Å²) in [6.45, 7) is 13.0. The first-order chi connectivity index (χ1) is 10.3. The van der Waals surface area contributed by atoms with Crippen LogP contribution >= 0.6 is 0 Å². The van der Waals surface area contributed by atoms with Gasteiger partial charge in [-0.2, -0.15) is 0 Å². The highest BCUT2D eigenvalue weighted by Crippen LogP contribution is 2.63. The van der Waals surface area contributed by atoms with Gasteiger partial charge in [0.05, 0.1) is 18.8 Å². The third kappa shape index (κ3) is 3.09. The quantitative estimate of drug-likeness (QED) is 0.846. The number of β-amino-alcohol motifs (C(OH)–C–C–N with tert-alkyl or cyclic N) is 1. The highest BCUT2D eigenvalue weighted by Gasteiger charge is 2.60. The fraction of sp³-hybridized carbons (Fsp3) is 1.00. The van der Waals surface area contributed by atoms with Gasteiger partial charge in [-0.1, -0.05) is 27.7 Å². The van der Waals surface area contributed by atoms with Gasteiger partial charge in [0.2, 0.25) is 0 Å². The maximum atomic E-state index is 10.4. The molecule has 3 rings (SSSR count). The minimum atomic E-state index is -0.344. The molecular weight excluding hydrogens is 274 g/mol. The van der Waals surface area contributed by atoms with E-state index in [9.17, 15) is 5.11 Å². The molecule has 0 spiro atoms. The molecule has 128 valence electrons. The lowest BCUT2D eigenvalue weighted by atomic mass is 9.70. The molecule has 22 heavy (non-hydrogen) atoms. The van der Waals surface area contributed by atoms with E-state index < -0.39 is 0 Å². The number of aliphatic hydroxyl groups excluding tert-OH is 1. The molecular formula is C19H35NO2. The Labute approximate surface area is 136 Å². The Balaban J connectivity index is 1.49. The average molecular weight is 309 g/mol. The second-order valence-corrected chi connectivity index (χ2v) is 9.29. The zero-order chi connectivity index (χ0) is 16.0. The van der Waals surface area contributed by atoms with Gasteiger partial charge in [0, 0.05) is 13.1 Å². The van der Waals surface area contributed by atoms with E-state index in [4.69, 9.17) is 4.74 Å². The van der Waals surface area contributed by atoms with Crippen LogP contribution in [0.5, 0.6) is 0 Å². The van der Waals surface area contributed by atoms with Crippen LogP contribution in [0.25, 0.3) is 0 Å². The minimum Gasteiger partial charge on any atom is -0.389 e. The zero-order valence-electron chi connectivity index (χ0n) is 15.0. The van der Waals surface area contributed by atoms with Crippen molar-refractivity contribution in [3.8, 4) is 0 Å². The molecule has 1 heterocycles. The Kier molecular flexibility index (Phi) is 4.61. The van der Waals surface area contributed by atoms with E-state index in [1.807, 2.05) is 0 Å². The number of piperidine rings is 1. The lowest BCUT2D eigenvalue weighted by molar-refractivity contribution is -0.114. The Morgan fingerprint density at radius 3 is 2.68 bits per heavy atom. The number of aliphatic hydroxyl groups is 1. The van der Waals surface area contributed by atoms with Gasteiger partial charge in [-0.25, -0.2) is 0 Å². The second-order valence-electron chi connectivity index (χ2n) is 9.29. The fourth-order valence-corrected chi connectivity index (χ4v) is 5.68. The maximum Gasteiger partial charge on any atom is 0.0900 e. The summed E-state index contributed by atoms with van der Waals surface area (Å²) >= 11 is 0. The molecule has 0 amide bonds. The largest absolute Gasteiger partial charge is 0.389 e. The summed E-state index contributed by atoms with van der Waals surface area (Å²) in [6.07, 6.45) is 6.54. The van der Waals surface area contributed by atoms with Crippen LogP contribution in [0.1, 0.15) is 59.8 Å². The molecule has 2 bridgehead atoms. The number of likely N-dealkylation sites (tertiary alicyclic amines) is 1. The predicted molar refractivity (Wildman–Crippen MR) is 89.8 cm³/mol. The van der Waals surface area contributed by atoms with Crippen molar-refractivity contribution in [2.45, 2.75) is 72.0 Å². The Hall–Kier alpha value is -0.120. The molecule has 3 nitrogen and oxygen atoms in total. The molecule has 5 atom stereocenters. The highest BCUT2D eigenvalue weighted by molar-refractivity contribution is 5.09. The highest BCUT2D eigenvalue weighted by atomic mass is 16.5. The smallest absolute Gasteiger partial charge is 0.0900 e. The number of nitrogens with zero attached hydrogens (tertiary/aromatic N) is 1. The first kappa shape index (κ1) is 16.7. The lowest BCUT2D eigenvalue weighted by Crippen LogP contribution is -2.45. The number of fused-ring (bicyclic) bond motifs is 2. The summed E-state index contributed by atoms with van der Waals surface area (Å²) in [4.78, 5) is 2.41. The van der Waals surface area contributed by atoms with E-state index in [-0.39, 0.29) is 11.5 Å². The van der Waals surface area contributed by atoms with E-state index in [1.54, 1.807) is 0 Å². The van der Waals surface area contributed by atoms with Crippen molar-refractivity contribution in [3.05, 3.63) is 0 Å². The van der Waals surface area contributed by atoms with Crippen molar-refractivity contribution in [2.75, 3.05) is 26.2 Å². The molecule has 3 fully saturated rings. The van der Waals surface area contributed by atoms with E-state index >= 15 is 0 Å². The van der Waals surface area contributed by atoms with Crippen LogP contribution in [0.2, 0.25) is 0 Å². The second kappa shape index (κ2) is 6.07. The summed E-state index contributed by atoms with van der Waals surface area (Å²) in [5.74, 6) is 1.58. The van der Waals surface area contributed by atoms with Gasteiger partial charge in [-0.3, -0.25) is 0 Å². The summed E-state index contributed by atoms with van der Waals surface area (Å²) in [5, 5.41) is 10.4. The van der Waals surface area contributed by atoms with Gasteiger partial charge >= 0.3 is 0 Å². The van der Waals surface area contributed by atoms with Crippen LogP contribution < -0.4 is 0 Å². The van der Waals surface area contributed by atoms with Crippen molar-refractivity contribution in [1.82, 2.24) is 4.90 Å². The van der Waals surface area contributed by atoms with E-state index in [1.165, 1.54) is 32.1 Å².